The highest BCUT2D eigenvalue weighted by atomic mass is 79.9. The van der Waals surface area contributed by atoms with Gasteiger partial charge in [-0.15, -0.1) is 0 Å². The number of alkyl halides is 6. The highest BCUT2D eigenvalue weighted by Crippen LogP contribution is 2.41. The van der Waals surface area contributed by atoms with Crippen LogP contribution in [0.1, 0.15) is 21.5 Å². The molecule has 11 heteroatoms. The molecule has 0 fully saturated rings. The van der Waals surface area contributed by atoms with E-state index in [-0.39, 0.29) is 12.1 Å². The Morgan fingerprint density at radius 3 is 1.86 bits per heavy atom. The minimum absolute atomic E-state index is 0.0433. The van der Waals surface area contributed by atoms with Gasteiger partial charge < -0.3 is 11.5 Å². The van der Waals surface area contributed by atoms with Gasteiger partial charge in [0.2, 0.25) is 0 Å². The maximum atomic E-state index is 12.8. The quantitative estimate of drug-likeness (QED) is 0.448. The molecule has 0 aromatic heterocycles. The fourth-order valence-electron chi connectivity index (χ4n) is 1.38. The molecule has 0 aliphatic rings. The van der Waals surface area contributed by atoms with Crippen molar-refractivity contribution in [2.45, 2.75) is 12.4 Å². The topological polar surface area (TPSA) is 81.5 Å². The van der Waals surface area contributed by atoms with E-state index in [0.717, 1.165) is 0 Å². The number of halogens is 7. The predicted molar refractivity (Wildman–Crippen MR) is 64.3 cm³/mol. The van der Waals surface area contributed by atoms with Gasteiger partial charge in [-0.1, -0.05) is 15.9 Å². The lowest BCUT2D eigenvalue weighted by atomic mass is 10.0. The number of nitrogens with two attached hydrogens (primary N) is 2. The first-order chi connectivity index (χ1) is 9.34. The van der Waals surface area contributed by atoms with E-state index in [0.29, 0.717) is 0 Å². The highest BCUT2D eigenvalue weighted by Gasteiger charge is 2.40. The van der Waals surface area contributed by atoms with Crippen LogP contribution in [-0.2, 0) is 12.4 Å². The molecule has 4 nitrogen and oxygen atoms in total. The summed E-state index contributed by atoms with van der Waals surface area (Å²) in [5.41, 5.74) is 5.34. The molecule has 0 bridgehead atoms. The van der Waals surface area contributed by atoms with E-state index < -0.39 is 45.4 Å². The number of carbonyl (C=O) groups excluding carboxylic acids is 1. The zero-order valence-corrected chi connectivity index (χ0v) is 11.4. The van der Waals surface area contributed by atoms with Crippen LogP contribution in [0.5, 0.6) is 0 Å². The molecular weight excluding hydrogens is 372 g/mol. The lowest BCUT2D eigenvalue weighted by molar-refractivity contribution is -0.142. The number of benzene rings is 1. The third-order valence-electron chi connectivity index (χ3n) is 2.18. The van der Waals surface area contributed by atoms with E-state index in [4.69, 9.17) is 11.5 Å². The van der Waals surface area contributed by atoms with Crippen LogP contribution in [0.15, 0.2) is 21.6 Å². The Bertz CT molecular complexity index is 604. The van der Waals surface area contributed by atoms with Crippen molar-refractivity contribution in [3.63, 3.8) is 0 Å². The van der Waals surface area contributed by atoms with Crippen LogP contribution < -0.4 is 11.5 Å². The van der Waals surface area contributed by atoms with Crippen molar-refractivity contribution in [1.29, 1.82) is 0 Å². The standard InChI is InChI=1S/C10H6BrF6N3O/c11-6-2-4(9(12,13)14)3(7(21)20-8(18)19)1-5(6)10(15,16)17/h1-2H,(H4,18,19,20,21). The van der Waals surface area contributed by atoms with E-state index in [1.807, 2.05) is 0 Å². The molecule has 0 aliphatic heterocycles. The van der Waals surface area contributed by atoms with Crippen molar-refractivity contribution in [2.24, 2.45) is 16.5 Å². The summed E-state index contributed by atoms with van der Waals surface area (Å²) in [5.74, 6) is -2.50. The fraction of sp³-hybridized carbons (Fsp3) is 0.200. The van der Waals surface area contributed by atoms with Crippen molar-refractivity contribution < 1.29 is 31.1 Å². The van der Waals surface area contributed by atoms with Crippen LogP contribution in [0.2, 0.25) is 0 Å². The Morgan fingerprint density at radius 1 is 1.00 bits per heavy atom. The van der Waals surface area contributed by atoms with Crippen LogP contribution in [0.4, 0.5) is 26.3 Å². The molecule has 0 saturated carbocycles. The fourth-order valence-corrected chi connectivity index (χ4v) is 1.95. The molecular formula is C10H6BrF6N3O. The molecule has 0 spiro atoms. The molecule has 0 saturated heterocycles. The summed E-state index contributed by atoms with van der Waals surface area (Å²) in [6, 6.07) is 0.194. The first-order valence-corrected chi connectivity index (χ1v) is 5.75. The molecule has 1 aromatic rings. The lowest BCUT2D eigenvalue weighted by Crippen LogP contribution is -2.25. The normalized spacial score (nSPS) is 12.1. The highest BCUT2D eigenvalue weighted by molar-refractivity contribution is 9.10. The van der Waals surface area contributed by atoms with Gasteiger partial charge in [0.1, 0.15) is 0 Å². The average molecular weight is 378 g/mol. The Balaban J connectivity index is 3.65. The number of guanidine groups is 1. The molecule has 116 valence electrons. The molecule has 21 heavy (non-hydrogen) atoms. The molecule has 0 radical (unpaired) electrons. The summed E-state index contributed by atoms with van der Waals surface area (Å²) >= 11 is 2.39. The van der Waals surface area contributed by atoms with Crippen LogP contribution in [-0.4, -0.2) is 11.9 Å². The summed E-state index contributed by atoms with van der Waals surface area (Å²) in [6.07, 6.45) is -10.0. The van der Waals surface area contributed by atoms with E-state index >= 15 is 0 Å². The second kappa shape index (κ2) is 5.54. The third kappa shape index (κ3) is 4.09. The van der Waals surface area contributed by atoms with Gasteiger partial charge >= 0.3 is 12.4 Å². The number of rotatable bonds is 1. The first-order valence-electron chi connectivity index (χ1n) is 4.96. The number of carbonyl (C=O) groups is 1. The lowest BCUT2D eigenvalue weighted by Gasteiger charge is -2.15. The van der Waals surface area contributed by atoms with Gasteiger partial charge in [-0.2, -0.15) is 31.3 Å². The van der Waals surface area contributed by atoms with E-state index in [1.54, 1.807) is 0 Å². The second-order valence-corrected chi connectivity index (χ2v) is 4.57. The summed E-state index contributed by atoms with van der Waals surface area (Å²) in [5, 5.41) is 0. The Labute approximate surface area is 121 Å². The van der Waals surface area contributed by atoms with Gasteiger partial charge in [0.05, 0.1) is 16.7 Å². The van der Waals surface area contributed by atoms with E-state index in [1.165, 1.54) is 0 Å². The number of aliphatic imine (C=N–C) groups is 1. The van der Waals surface area contributed by atoms with Crippen LogP contribution in [0.3, 0.4) is 0 Å². The van der Waals surface area contributed by atoms with E-state index in [9.17, 15) is 31.1 Å². The minimum Gasteiger partial charge on any atom is -0.370 e. The van der Waals surface area contributed by atoms with Crippen molar-refractivity contribution in [3.8, 4) is 0 Å². The maximum Gasteiger partial charge on any atom is 0.417 e. The smallest absolute Gasteiger partial charge is 0.370 e. The summed E-state index contributed by atoms with van der Waals surface area (Å²) in [7, 11) is 0. The second-order valence-electron chi connectivity index (χ2n) is 3.71. The molecule has 4 N–H and O–H groups in total. The Hall–Kier alpha value is -1.78. The zero-order chi connectivity index (χ0) is 16.6. The Kier molecular flexibility index (Phi) is 4.56. The summed E-state index contributed by atoms with van der Waals surface area (Å²) < 4.78 is 75.5. The van der Waals surface area contributed by atoms with Crippen molar-refractivity contribution >= 4 is 27.8 Å². The largest absolute Gasteiger partial charge is 0.417 e. The van der Waals surface area contributed by atoms with Crippen molar-refractivity contribution in [1.82, 2.24) is 0 Å². The van der Waals surface area contributed by atoms with Crippen LogP contribution in [0.25, 0.3) is 0 Å². The van der Waals surface area contributed by atoms with Gasteiger partial charge in [0.15, 0.2) is 5.96 Å². The molecule has 1 amide bonds. The predicted octanol–water partition coefficient (Wildman–Crippen LogP) is 2.90. The minimum atomic E-state index is -5.06. The molecule has 1 aromatic carbocycles. The first kappa shape index (κ1) is 17.3. The van der Waals surface area contributed by atoms with Gasteiger partial charge in [-0.3, -0.25) is 4.79 Å². The molecule has 0 heterocycles. The number of amides is 1. The monoisotopic (exact) mass is 377 g/mol. The van der Waals surface area contributed by atoms with Gasteiger partial charge in [-0.05, 0) is 12.1 Å². The van der Waals surface area contributed by atoms with Gasteiger partial charge in [0, 0.05) is 4.47 Å². The van der Waals surface area contributed by atoms with Gasteiger partial charge in [0.25, 0.3) is 5.91 Å². The molecule has 0 atom stereocenters. The average Bonchev–Trinajstić information content (AvgIpc) is 2.24. The number of hydrogen-bond acceptors (Lipinski definition) is 1. The van der Waals surface area contributed by atoms with Gasteiger partial charge in [-0.25, -0.2) is 0 Å². The number of hydrogen-bond donors (Lipinski definition) is 2. The SMILES string of the molecule is NC(N)=NC(=O)c1cc(C(F)(F)F)c(Br)cc1C(F)(F)F. The Morgan fingerprint density at radius 2 is 1.48 bits per heavy atom. The third-order valence-corrected chi connectivity index (χ3v) is 2.84. The summed E-state index contributed by atoms with van der Waals surface area (Å²) in [4.78, 5) is 14.3. The number of nitrogens with zero attached hydrogens (tertiary/aromatic N) is 1. The van der Waals surface area contributed by atoms with E-state index in [2.05, 4.69) is 20.9 Å². The van der Waals surface area contributed by atoms with Crippen LogP contribution >= 0.6 is 15.9 Å². The molecule has 0 unspecified atom stereocenters. The van der Waals surface area contributed by atoms with Crippen molar-refractivity contribution in [2.75, 3.05) is 0 Å². The molecule has 0 aliphatic carbocycles. The summed E-state index contributed by atoms with van der Waals surface area (Å²) in [6.45, 7) is 0. The zero-order valence-electron chi connectivity index (χ0n) is 9.81. The van der Waals surface area contributed by atoms with Crippen LogP contribution in [0, 0.1) is 0 Å². The maximum absolute atomic E-state index is 12.8. The van der Waals surface area contributed by atoms with Crippen molar-refractivity contribution in [3.05, 3.63) is 33.3 Å². The molecule has 1 rings (SSSR count).